The summed E-state index contributed by atoms with van der Waals surface area (Å²) in [6.45, 7) is 3.09. The zero-order chi connectivity index (χ0) is 17.9. The summed E-state index contributed by atoms with van der Waals surface area (Å²) in [5, 5.41) is 4.09. The molecule has 3 aromatic rings. The summed E-state index contributed by atoms with van der Waals surface area (Å²) in [7, 11) is 0. The Balaban J connectivity index is 1.49. The van der Waals surface area contributed by atoms with Gasteiger partial charge in [-0.1, -0.05) is 35.5 Å². The largest absolute Gasteiger partial charge is 0.339 e. The van der Waals surface area contributed by atoms with Gasteiger partial charge in [-0.05, 0) is 19.8 Å². The number of amides is 1. The van der Waals surface area contributed by atoms with E-state index in [9.17, 15) is 4.79 Å². The molecule has 1 amide bonds. The van der Waals surface area contributed by atoms with Crippen LogP contribution in [-0.2, 0) is 0 Å². The number of aromatic nitrogens is 4. The number of piperidine rings is 1. The highest BCUT2D eigenvalue weighted by Crippen LogP contribution is 2.28. The third-order valence-electron chi connectivity index (χ3n) is 4.53. The minimum absolute atomic E-state index is 0.0380. The second-order valence-electron chi connectivity index (χ2n) is 6.46. The molecule has 0 spiro atoms. The van der Waals surface area contributed by atoms with Crippen LogP contribution in [0, 0.1) is 6.92 Å². The van der Waals surface area contributed by atoms with E-state index in [2.05, 4.69) is 20.1 Å². The number of rotatable bonds is 3. The van der Waals surface area contributed by atoms with Crippen molar-refractivity contribution < 1.29 is 9.32 Å². The third-order valence-corrected chi connectivity index (χ3v) is 4.53. The van der Waals surface area contributed by atoms with Crippen molar-refractivity contribution in [2.45, 2.75) is 25.7 Å². The molecule has 0 bridgehead atoms. The van der Waals surface area contributed by atoms with Gasteiger partial charge in [0.1, 0.15) is 5.69 Å². The van der Waals surface area contributed by atoms with E-state index in [0.717, 1.165) is 24.1 Å². The first kappa shape index (κ1) is 16.4. The minimum Gasteiger partial charge on any atom is -0.339 e. The maximum Gasteiger partial charge on any atom is 0.274 e. The van der Waals surface area contributed by atoms with Gasteiger partial charge in [0.2, 0.25) is 11.7 Å². The van der Waals surface area contributed by atoms with Crippen LogP contribution in [0.3, 0.4) is 0 Å². The van der Waals surface area contributed by atoms with Crippen LogP contribution in [0.1, 0.15) is 40.8 Å². The Morgan fingerprint density at radius 2 is 2.04 bits per heavy atom. The Labute approximate surface area is 151 Å². The normalized spacial score (nSPS) is 17.3. The highest BCUT2D eigenvalue weighted by Gasteiger charge is 2.29. The lowest BCUT2D eigenvalue weighted by Crippen LogP contribution is -2.39. The van der Waals surface area contributed by atoms with E-state index in [4.69, 9.17) is 4.52 Å². The molecule has 1 atom stereocenters. The van der Waals surface area contributed by atoms with Gasteiger partial charge in [0, 0.05) is 24.8 Å². The second-order valence-corrected chi connectivity index (χ2v) is 6.46. The summed E-state index contributed by atoms with van der Waals surface area (Å²) < 4.78 is 5.48. The molecular formula is C19H19N5O2. The van der Waals surface area contributed by atoms with Gasteiger partial charge in [-0.25, -0.2) is 4.98 Å². The lowest BCUT2D eigenvalue weighted by atomic mass is 9.97. The van der Waals surface area contributed by atoms with Gasteiger partial charge in [0.25, 0.3) is 5.91 Å². The summed E-state index contributed by atoms with van der Waals surface area (Å²) >= 11 is 0. The average Bonchev–Trinajstić information content (AvgIpc) is 3.19. The van der Waals surface area contributed by atoms with Gasteiger partial charge < -0.3 is 9.42 Å². The van der Waals surface area contributed by atoms with E-state index < -0.39 is 0 Å². The third kappa shape index (κ3) is 3.33. The lowest BCUT2D eigenvalue weighted by molar-refractivity contribution is 0.0689. The molecule has 0 N–H and O–H groups in total. The van der Waals surface area contributed by atoms with E-state index >= 15 is 0 Å². The van der Waals surface area contributed by atoms with E-state index in [0.29, 0.717) is 30.5 Å². The number of nitrogens with zero attached hydrogens (tertiary/aromatic N) is 5. The zero-order valence-corrected chi connectivity index (χ0v) is 14.5. The van der Waals surface area contributed by atoms with Gasteiger partial charge in [0.05, 0.1) is 17.8 Å². The topological polar surface area (TPSA) is 85.0 Å². The van der Waals surface area contributed by atoms with Crippen LogP contribution in [0.2, 0.25) is 0 Å². The summed E-state index contributed by atoms with van der Waals surface area (Å²) in [6.07, 6.45) is 4.94. The predicted octanol–water partition coefficient (Wildman–Crippen LogP) is 2.85. The lowest BCUT2D eigenvalue weighted by Gasteiger charge is -2.30. The van der Waals surface area contributed by atoms with Crippen molar-refractivity contribution in [2.75, 3.05) is 13.1 Å². The highest BCUT2D eigenvalue weighted by molar-refractivity contribution is 5.92. The van der Waals surface area contributed by atoms with Crippen LogP contribution in [0.5, 0.6) is 0 Å². The summed E-state index contributed by atoms with van der Waals surface area (Å²) in [5.41, 5.74) is 2.07. The number of aryl methyl sites for hydroxylation is 1. The predicted molar refractivity (Wildman–Crippen MR) is 94.4 cm³/mol. The molecule has 0 saturated carbocycles. The van der Waals surface area contributed by atoms with Crippen LogP contribution >= 0.6 is 0 Å². The fraction of sp³-hybridized carbons (Fsp3) is 0.316. The van der Waals surface area contributed by atoms with Gasteiger partial charge in [-0.2, -0.15) is 4.98 Å². The summed E-state index contributed by atoms with van der Waals surface area (Å²) in [5.74, 6) is 1.09. The molecule has 1 fully saturated rings. The van der Waals surface area contributed by atoms with Crippen LogP contribution < -0.4 is 0 Å². The Morgan fingerprint density at radius 1 is 1.19 bits per heavy atom. The second kappa shape index (κ2) is 7.03. The zero-order valence-electron chi connectivity index (χ0n) is 14.5. The average molecular weight is 349 g/mol. The maximum atomic E-state index is 12.7. The Hall–Kier alpha value is -3.09. The van der Waals surface area contributed by atoms with Gasteiger partial charge in [-0.3, -0.25) is 9.78 Å². The molecule has 2 aromatic heterocycles. The number of likely N-dealkylation sites (tertiary alicyclic amines) is 1. The number of hydrogen-bond donors (Lipinski definition) is 0. The number of benzene rings is 1. The first-order chi connectivity index (χ1) is 12.7. The highest BCUT2D eigenvalue weighted by atomic mass is 16.5. The fourth-order valence-electron chi connectivity index (χ4n) is 3.13. The van der Waals surface area contributed by atoms with Crippen LogP contribution in [-0.4, -0.2) is 44.0 Å². The van der Waals surface area contributed by atoms with Crippen molar-refractivity contribution in [3.63, 3.8) is 0 Å². The fourth-order valence-corrected chi connectivity index (χ4v) is 3.13. The summed E-state index contributed by atoms with van der Waals surface area (Å²) in [4.78, 5) is 27.3. The van der Waals surface area contributed by atoms with Crippen molar-refractivity contribution >= 4 is 5.91 Å². The maximum absolute atomic E-state index is 12.7. The molecule has 26 heavy (non-hydrogen) atoms. The van der Waals surface area contributed by atoms with Crippen LogP contribution in [0.15, 0.2) is 47.2 Å². The smallest absolute Gasteiger partial charge is 0.274 e. The van der Waals surface area contributed by atoms with Crippen molar-refractivity contribution in [3.05, 3.63) is 60.0 Å². The first-order valence-corrected chi connectivity index (χ1v) is 8.67. The van der Waals surface area contributed by atoms with E-state index in [-0.39, 0.29) is 11.8 Å². The molecule has 1 aromatic carbocycles. The minimum atomic E-state index is -0.106. The molecule has 7 nitrogen and oxygen atoms in total. The van der Waals surface area contributed by atoms with Crippen LogP contribution in [0.4, 0.5) is 0 Å². The molecule has 1 aliphatic rings. The molecule has 7 heteroatoms. The number of carbonyl (C=O) groups excluding carboxylic acids is 1. The standard InChI is InChI=1S/C19H19N5O2/c1-13-10-21-16(11-20-13)19(25)24-9-5-8-15(12-24)18-22-17(23-26-18)14-6-3-2-4-7-14/h2-4,6-7,10-11,15H,5,8-9,12H2,1H3. The quantitative estimate of drug-likeness (QED) is 0.723. The van der Waals surface area contributed by atoms with Crippen molar-refractivity contribution in [2.24, 2.45) is 0 Å². The van der Waals surface area contributed by atoms with Gasteiger partial charge >= 0.3 is 0 Å². The first-order valence-electron chi connectivity index (χ1n) is 8.67. The molecule has 3 heterocycles. The molecule has 0 aliphatic carbocycles. The number of hydrogen-bond acceptors (Lipinski definition) is 6. The molecule has 132 valence electrons. The molecule has 0 radical (unpaired) electrons. The van der Waals surface area contributed by atoms with Gasteiger partial charge in [0.15, 0.2) is 0 Å². The molecule has 1 unspecified atom stereocenters. The monoisotopic (exact) mass is 349 g/mol. The molecular weight excluding hydrogens is 330 g/mol. The van der Waals surface area contributed by atoms with Crippen molar-refractivity contribution in [1.82, 2.24) is 25.0 Å². The van der Waals surface area contributed by atoms with Crippen molar-refractivity contribution in [3.8, 4) is 11.4 Å². The van der Waals surface area contributed by atoms with E-state index in [1.165, 1.54) is 6.20 Å². The van der Waals surface area contributed by atoms with Crippen molar-refractivity contribution in [1.29, 1.82) is 0 Å². The Morgan fingerprint density at radius 3 is 2.81 bits per heavy atom. The Bertz CT molecular complexity index is 892. The molecule has 4 rings (SSSR count). The summed E-state index contributed by atoms with van der Waals surface area (Å²) in [6, 6.07) is 9.72. The SMILES string of the molecule is Cc1cnc(C(=O)N2CCCC(c3nc(-c4ccccc4)no3)C2)cn1. The van der Waals surface area contributed by atoms with E-state index in [1.807, 2.05) is 37.3 Å². The van der Waals surface area contributed by atoms with E-state index in [1.54, 1.807) is 11.1 Å². The molecule has 1 aliphatic heterocycles. The molecule has 1 saturated heterocycles. The Kier molecular flexibility index (Phi) is 4.43. The van der Waals surface area contributed by atoms with Crippen LogP contribution in [0.25, 0.3) is 11.4 Å². The number of carbonyl (C=O) groups is 1. The van der Waals surface area contributed by atoms with Gasteiger partial charge in [-0.15, -0.1) is 0 Å².